The number of aromatic nitrogens is 1. The number of carbonyl (C=O) groups excluding carboxylic acids is 2. The molecule has 1 fully saturated rings. The van der Waals surface area contributed by atoms with Gasteiger partial charge in [0.1, 0.15) is 12.6 Å². The zero-order valence-electron chi connectivity index (χ0n) is 14.1. The molecular weight excluding hydrogens is 330 g/mol. The van der Waals surface area contributed by atoms with Gasteiger partial charge in [0.15, 0.2) is 11.4 Å². The first-order chi connectivity index (χ1) is 11.8. The van der Waals surface area contributed by atoms with Crippen molar-refractivity contribution in [2.24, 2.45) is 0 Å². The third-order valence-electron chi connectivity index (χ3n) is 4.28. The van der Waals surface area contributed by atoms with E-state index in [1.165, 1.54) is 12.1 Å². The number of hydrogen-bond acceptors (Lipinski definition) is 7. The second-order valence-electron chi connectivity index (χ2n) is 6.65. The fourth-order valence-electron chi connectivity index (χ4n) is 3.05. The Morgan fingerprint density at radius 3 is 2.76 bits per heavy atom. The third kappa shape index (κ3) is 3.40. The van der Waals surface area contributed by atoms with Crippen molar-refractivity contribution in [2.75, 3.05) is 11.4 Å². The molecule has 2 heterocycles. The molecule has 0 N–H and O–H groups in total. The Bertz CT molecular complexity index is 727. The molecule has 0 spiro atoms. The number of nitrogens with zero attached hydrogens (tertiary/aromatic N) is 3. The van der Waals surface area contributed by atoms with Crippen LogP contribution in [-0.2, 0) is 14.3 Å². The summed E-state index contributed by atoms with van der Waals surface area (Å²) < 4.78 is 11.0. The number of pyridine rings is 1. The van der Waals surface area contributed by atoms with E-state index in [1.807, 2.05) is 0 Å². The Morgan fingerprint density at radius 1 is 1.44 bits per heavy atom. The van der Waals surface area contributed by atoms with Crippen LogP contribution in [0.3, 0.4) is 0 Å². The summed E-state index contributed by atoms with van der Waals surface area (Å²) in [6.45, 7) is 2.77. The van der Waals surface area contributed by atoms with Gasteiger partial charge in [-0.2, -0.15) is 0 Å². The normalized spacial score (nSPS) is 19.3. The molecular formula is C16H19N3O6. The second kappa shape index (κ2) is 6.30. The Labute approximate surface area is 144 Å². The fraction of sp³-hybridized carbons (Fsp3) is 0.562. The highest BCUT2D eigenvalue weighted by Crippen LogP contribution is 2.37. The first-order valence-electron chi connectivity index (χ1n) is 8.14. The average molecular weight is 349 g/mol. The molecule has 9 nitrogen and oxygen atoms in total. The van der Waals surface area contributed by atoms with E-state index < -0.39 is 28.2 Å². The van der Waals surface area contributed by atoms with Crippen LogP contribution in [0.5, 0.6) is 5.75 Å². The smallest absolute Gasteiger partial charge is 0.366 e. The number of fused-ring (bicyclic) bond motifs is 1. The highest BCUT2D eigenvalue weighted by Gasteiger charge is 2.45. The van der Waals surface area contributed by atoms with Crippen LogP contribution in [0.2, 0.25) is 0 Å². The van der Waals surface area contributed by atoms with Gasteiger partial charge >= 0.3 is 11.8 Å². The first kappa shape index (κ1) is 17.1. The SMILES string of the molecule is CC1(C)Oc2ccc([N+](=O)[O-])nc2N(CC(=O)OC2CCCC2)C1=O. The Kier molecular flexibility index (Phi) is 4.32. The number of rotatable bonds is 4. The number of esters is 1. The van der Waals surface area contributed by atoms with Crippen LogP contribution in [0.4, 0.5) is 11.6 Å². The summed E-state index contributed by atoms with van der Waals surface area (Å²) in [5.41, 5.74) is -1.21. The molecule has 3 rings (SSSR count). The molecule has 1 saturated carbocycles. The zero-order chi connectivity index (χ0) is 18.2. The van der Waals surface area contributed by atoms with Gasteiger partial charge in [0.2, 0.25) is 0 Å². The monoisotopic (exact) mass is 349 g/mol. The highest BCUT2D eigenvalue weighted by atomic mass is 16.6. The molecule has 1 aliphatic carbocycles. The van der Waals surface area contributed by atoms with Crippen molar-refractivity contribution in [3.8, 4) is 5.75 Å². The van der Waals surface area contributed by atoms with Crippen LogP contribution in [0, 0.1) is 10.1 Å². The first-order valence-corrected chi connectivity index (χ1v) is 8.14. The molecule has 9 heteroatoms. The minimum Gasteiger partial charge on any atom is -0.472 e. The molecule has 0 unspecified atom stereocenters. The Hall–Kier alpha value is -2.71. The fourth-order valence-corrected chi connectivity index (χ4v) is 3.05. The number of ether oxygens (including phenoxy) is 2. The van der Waals surface area contributed by atoms with Gasteiger partial charge in [0.05, 0.1) is 0 Å². The quantitative estimate of drug-likeness (QED) is 0.464. The summed E-state index contributed by atoms with van der Waals surface area (Å²) in [5.74, 6) is -1.32. The minimum atomic E-state index is -1.21. The number of amides is 1. The molecule has 25 heavy (non-hydrogen) atoms. The van der Waals surface area contributed by atoms with E-state index in [0.717, 1.165) is 30.6 Å². The van der Waals surface area contributed by atoms with E-state index in [2.05, 4.69) is 4.98 Å². The molecule has 0 bridgehead atoms. The van der Waals surface area contributed by atoms with Crippen molar-refractivity contribution in [1.29, 1.82) is 0 Å². The van der Waals surface area contributed by atoms with Crippen LogP contribution in [0.25, 0.3) is 0 Å². The van der Waals surface area contributed by atoms with Crippen LogP contribution < -0.4 is 9.64 Å². The summed E-state index contributed by atoms with van der Waals surface area (Å²) in [7, 11) is 0. The molecule has 0 aromatic carbocycles. The summed E-state index contributed by atoms with van der Waals surface area (Å²) in [5, 5.41) is 11.0. The third-order valence-corrected chi connectivity index (χ3v) is 4.28. The number of carbonyl (C=O) groups is 2. The Balaban J connectivity index is 1.88. The number of anilines is 1. The molecule has 1 aliphatic heterocycles. The lowest BCUT2D eigenvalue weighted by Crippen LogP contribution is -2.54. The van der Waals surface area contributed by atoms with Crippen molar-refractivity contribution < 1.29 is 24.0 Å². The van der Waals surface area contributed by atoms with Crippen molar-refractivity contribution in [3.63, 3.8) is 0 Å². The van der Waals surface area contributed by atoms with Crippen LogP contribution in [-0.4, -0.2) is 40.0 Å². The van der Waals surface area contributed by atoms with E-state index in [1.54, 1.807) is 13.8 Å². The molecule has 1 aromatic rings. The maximum absolute atomic E-state index is 12.6. The summed E-state index contributed by atoms with van der Waals surface area (Å²) >= 11 is 0. The van der Waals surface area contributed by atoms with Crippen molar-refractivity contribution in [3.05, 3.63) is 22.2 Å². The predicted molar refractivity (Wildman–Crippen MR) is 86.3 cm³/mol. The summed E-state index contributed by atoms with van der Waals surface area (Å²) in [6.07, 6.45) is 3.52. The van der Waals surface area contributed by atoms with E-state index in [4.69, 9.17) is 9.47 Å². The second-order valence-corrected chi connectivity index (χ2v) is 6.65. The molecule has 0 atom stereocenters. The molecule has 134 valence electrons. The van der Waals surface area contributed by atoms with Gasteiger partial charge in [0, 0.05) is 6.07 Å². The summed E-state index contributed by atoms with van der Waals surface area (Å²) in [4.78, 5) is 40.1. The van der Waals surface area contributed by atoms with Crippen molar-refractivity contribution >= 4 is 23.5 Å². The van der Waals surface area contributed by atoms with Crippen LogP contribution in [0.15, 0.2) is 12.1 Å². The van der Waals surface area contributed by atoms with E-state index in [0.29, 0.717) is 0 Å². The maximum atomic E-state index is 12.6. The van der Waals surface area contributed by atoms with Gasteiger partial charge in [0.25, 0.3) is 11.7 Å². The molecule has 2 aliphatic rings. The molecule has 0 saturated heterocycles. The highest BCUT2D eigenvalue weighted by molar-refractivity contribution is 6.04. The molecule has 1 aromatic heterocycles. The largest absolute Gasteiger partial charge is 0.472 e. The van der Waals surface area contributed by atoms with Crippen LogP contribution >= 0.6 is 0 Å². The minimum absolute atomic E-state index is 0.0399. The van der Waals surface area contributed by atoms with Crippen molar-refractivity contribution in [2.45, 2.75) is 51.2 Å². The van der Waals surface area contributed by atoms with Gasteiger partial charge < -0.3 is 19.6 Å². The molecule has 0 radical (unpaired) electrons. The van der Waals surface area contributed by atoms with Crippen LogP contribution in [0.1, 0.15) is 39.5 Å². The van der Waals surface area contributed by atoms with E-state index in [-0.39, 0.29) is 24.2 Å². The lowest BCUT2D eigenvalue weighted by Gasteiger charge is -2.35. The van der Waals surface area contributed by atoms with Gasteiger partial charge in [-0.05, 0) is 55.5 Å². The van der Waals surface area contributed by atoms with Gasteiger partial charge in [-0.15, -0.1) is 0 Å². The number of nitro groups is 1. The van der Waals surface area contributed by atoms with Gasteiger partial charge in [-0.25, -0.2) is 0 Å². The van der Waals surface area contributed by atoms with Crippen molar-refractivity contribution in [1.82, 2.24) is 4.98 Å². The predicted octanol–water partition coefficient (Wildman–Crippen LogP) is 1.98. The topological polar surface area (TPSA) is 112 Å². The van der Waals surface area contributed by atoms with Gasteiger partial charge in [-0.3, -0.25) is 14.5 Å². The zero-order valence-corrected chi connectivity index (χ0v) is 14.1. The lowest BCUT2D eigenvalue weighted by atomic mass is 10.1. The molecule has 1 amide bonds. The number of hydrogen-bond donors (Lipinski definition) is 0. The summed E-state index contributed by atoms with van der Waals surface area (Å²) in [6, 6.07) is 2.57. The lowest BCUT2D eigenvalue weighted by molar-refractivity contribution is -0.389. The standard InChI is InChI=1S/C16H19N3O6/c1-16(2)15(21)18(9-13(20)24-10-5-3-4-6-10)14-11(25-16)7-8-12(17-14)19(22)23/h7-8,10H,3-6,9H2,1-2H3. The Morgan fingerprint density at radius 2 is 2.12 bits per heavy atom. The van der Waals surface area contributed by atoms with Gasteiger partial charge in [-0.1, -0.05) is 0 Å². The maximum Gasteiger partial charge on any atom is 0.366 e. The van der Waals surface area contributed by atoms with E-state index in [9.17, 15) is 19.7 Å². The van der Waals surface area contributed by atoms with E-state index >= 15 is 0 Å². The average Bonchev–Trinajstić information content (AvgIpc) is 3.04.